The summed E-state index contributed by atoms with van der Waals surface area (Å²) >= 11 is 1.45. The van der Waals surface area contributed by atoms with Crippen molar-refractivity contribution in [2.45, 2.75) is 6.54 Å². The summed E-state index contributed by atoms with van der Waals surface area (Å²) in [6, 6.07) is 12.9. The van der Waals surface area contributed by atoms with Crippen LogP contribution in [0.1, 0.15) is 5.56 Å². The average molecular weight is 379 g/mol. The molecule has 0 spiro atoms. The molecule has 8 heteroatoms. The molecule has 0 bridgehead atoms. The smallest absolute Gasteiger partial charge is 0.407 e. The van der Waals surface area contributed by atoms with Crippen molar-refractivity contribution in [2.75, 3.05) is 11.1 Å². The van der Waals surface area contributed by atoms with Crippen LogP contribution in [0, 0.1) is 0 Å². The van der Waals surface area contributed by atoms with Gasteiger partial charge in [0.15, 0.2) is 5.75 Å². The number of fused-ring (bicyclic) bond motifs is 1. The van der Waals surface area contributed by atoms with Gasteiger partial charge in [0.2, 0.25) is 0 Å². The Kier molecular flexibility index (Phi) is 4.63. The molecule has 27 heavy (non-hydrogen) atoms. The highest BCUT2D eigenvalue weighted by Gasteiger charge is 2.12. The van der Waals surface area contributed by atoms with Crippen molar-refractivity contribution < 1.29 is 9.53 Å². The minimum Gasteiger partial charge on any atom is -0.407 e. The largest absolute Gasteiger partial charge is 0.412 e. The van der Waals surface area contributed by atoms with Crippen LogP contribution in [-0.4, -0.2) is 16.1 Å². The number of nitrogens with one attached hydrogen (secondary N) is 3. The van der Waals surface area contributed by atoms with Crippen LogP contribution in [0.2, 0.25) is 0 Å². The minimum atomic E-state index is -0.527. The fraction of sp³-hybridized carbons (Fsp3) is 0.0526. The molecular weight excluding hydrogens is 362 g/mol. The van der Waals surface area contributed by atoms with Crippen LogP contribution in [0.5, 0.6) is 5.75 Å². The van der Waals surface area contributed by atoms with E-state index >= 15 is 0 Å². The van der Waals surface area contributed by atoms with Gasteiger partial charge in [-0.1, -0.05) is 12.1 Å². The van der Waals surface area contributed by atoms with E-state index in [-0.39, 0.29) is 0 Å². The lowest BCUT2D eigenvalue weighted by atomic mass is 10.2. The molecule has 0 atom stereocenters. The molecule has 4 rings (SSSR count). The van der Waals surface area contributed by atoms with E-state index in [9.17, 15) is 4.79 Å². The molecular formula is C19H17N5O2S. The molecule has 1 aromatic carbocycles. The highest BCUT2D eigenvalue weighted by molar-refractivity contribution is 7.14. The standard InChI is InChI=1S/C19H17N5O2S/c20-13-3-1-2-12(10-13)11-23-19(25)26-16-6-9-27-18(16)24-15-5-8-22-17-14(15)4-7-21-17/h1-10H,11,20H2,(H,23,25)(H2,21,22,24). The van der Waals surface area contributed by atoms with Gasteiger partial charge in [-0.3, -0.25) is 0 Å². The van der Waals surface area contributed by atoms with Gasteiger partial charge in [-0.25, -0.2) is 9.78 Å². The fourth-order valence-corrected chi connectivity index (χ4v) is 3.40. The summed E-state index contributed by atoms with van der Waals surface area (Å²) < 4.78 is 5.45. The van der Waals surface area contributed by atoms with E-state index in [4.69, 9.17) is 10.5 Å². The number of benzene rings is 1. The number of anilines is 3. The zero-order valence-electron chi connectivity index (χ0n) is 14.2. The highest BCUT2D eigenvalue weighted by atomic mass is 32.1. The van der Waals surface area contributed by atoms with Crippen molar-refractivity contribution in [3.63, 3.8) is 0 Å². The summed E-state index contributed by atoms with van der Waals surface area (Å²) in [5, 5.41) is 9.59. The zero-order chi connectivity index (χ0) is 18.6. The number of ether oxygens (including phenoxy) is 1. The molecule has 0 aliphatic rings. The molecule has 0 radical (unpaired) electrons. The summed E-state index contributed by atoms with van der Waals surface area (Å²) in [7, 11) is 0. The molecule has 4 aromatic rings. The number of hydrogen-bond acceptors (Lipinski definition) is 6. The third-order valence-electron chi connectivity index (χ3n) is 3.93. The number of aromatic amines is 1. The van der Waals surface area contributed by atoms with E-state index in [1.54, 1.807) is 18.3 Å². The van der Waals surface area contributed by atoms with Crippen LogP contribution in [0.3, 0.4) is 0 Å². The summed E-state index contributed by atoms with van der Waals surface area (Å²) in [4.78, 5) is 19.5. The number of aromatic nitrogens is 2. The van der Waals surface area contributed by atoms with Gasteiger partial charge >= 0.3 is 6.09 Å². The second-order valence-corrected chi connectivity index (χ2v) is 6.74. The topological polar surface area (TPSA) is 105 Å². The quantitative estimate of drug-likeness (QED) is 0.388. The molecule has 0 fully saturated rings. The number of thiophene rings is 1. The van der Waals surface area contributed by atoms with Crippen LogP contribution < -0.4 is 21.1 Å². The van der Waals surface area contributed by atoms with E-state index in [2.05, 4.69) is 20.6 Å². The highest BCUT2D eigenvalue weighted by Crippen LogP contribution is 2.35. The summed E-state index contributed by atoms with van der Waals surface area (Å²) in [6.45, 7) is 0.338. The van der Waals surface area contributed by atoms with Crippen molar-refractivity contribution >= 4 is 44.8 Å². The maximum atomic E-state index is 12.1. The minimum absolute atomic E-state index is 0.338. The molecule has 5 N–H and O–H groups in total. The predicted molar refractivity (Wildman–Crippen MR) is 107 cm³/mol. The lowest BCUT2D eigenvalue weighted by Crippen LogP contribution is -2.26. The molecule has 3 aromatic heterocycles. The number of H-pyrrole nitrogens is 1. The Hall–Kier alpha value is -3.52. The zero-order valence-corrected chi connectivity index (χ0v) is 15.0. The maximum Gasteiger partial charge on any atom is 0.412 e. The first-order chi connectivity index (χ1) is 13.2. The van der Waals surface area contributed by atoms with Gasteiger partial charge in [-0.05, 0) is 41.3 Å². The molecule has 0 saturated carbocycles. The number of rotatable bonds is 5. The Bertz CT molecular complexity index is 1090. The van der Waals surface area contributed by atoms with Crippen molar-refractivity contribution in [3.8, 4) is 5.75 Å². The number of carbonyl (C=O) groups is 1. The van der Waals surface area contributed by atoms with Gasteiger partial charge in [-0.15, -0.1) is 11.3 Å². The molecule has 0 aliphatic carbocycles. The van der Waals surface area contributed by atoms with E-state index in [1.165, 1.54) is 11.3 Å². The molecule has 7 nitrogen and oxygen atoms in total. The van der Waals surface area contributed by atoms with Crippen molar-refractivity contribution in [2.24, 2.45) is 0 Å². The summed E-state index contributed by atoms with van der Waals surface area (Å²) in [5.41, 5.74) is 8.97. The van der Waals surface area contributed by atoms with Crippen LogP contribution in [0.15, 0.2) is 60.2 Å². The van der Waals surface area contributed by atoms with E-state index in [0.717, 1.165) is 27.3 Å². The fourth-order valence-electron chi connectivity index (χ4n) is 2.67. The molecule has 0 saturated heterocycles. The Morgan fingerprint density at radius 2 is 2.19 bits per heavy atom. The van der Waals surface area contributed by atoms with Crippen LogP contribution in [0.25, 0.3) is 11.0 Å². The molecule has 0 aliphatic heterocycles. The lowest BCUT2D eigenvalue weighted by molar-refractivity contribution is 0.200. The second kappa shape index (κ2) is 7.38. The van der Waals surface area contributed by atoms with Gasteiger partial charge < -0.3 is 26.1 Å². The van der Waals surface area contributed by atoms with E-state index < -0.39 is 6.09 Å². The van der Waals surface area contributed by atoms with Gasteiger partial charge in [0.1, 0.15) is 10.6 Å². The molecule has 0 unspecified atom stereocenters. The third-order valence-corrected chi connectivity index (χ3v) is 4.74. The van der Waals surface area contributed by atoms with Crippen LogP contribution >= 0.6 is 11.3 Å². The second-order valence-electron chi connectivity index (χ2n) is 5.83. The number of amides is 1. The number of carbonyl (C=O) groups excluding carboxylic acids is 1. The monoisotopic (exact) mass is 379 g/mol. The Morgan fingerprint density at radius 1 is 1.26 bits per heavy atom. The first-order valence-corrected chi connectivity index (χ1v) is 9.14. The van der Waals surface area contributed by atoms with Gasteiger partial charge in [0, 0.05) is 30.0 Å². The van der Waals surface area contributed by atoms with Gasteiger partial charge in [0.05, 0.1) is 5.69 Å². The van der Waals surface area contributed by atoms with Crippen LogP contribution in [-0.2, 0) is 6.54 Å². The Balaban J connectivity index is 1.43. The first kappa shape index (κ1) is 16.9. The summed E-state index contributed by atoms with van der Waals surface area (Å²) in [6.07, 6.45) is 3.02. The van der Waals surface area contributed by atoms with Crippen molar-refractivity contribution in [1.29, 1.82) is 0 Å². The lowest BCUT2D eigenvalue weighted by Gasteiger charge is -2.10. The predicted octanol–water partition coefficient (Wildman–Crippen LogP) is 4.24. The van der Waals surface area contributed by atoms with Gasteiger partial charge in [-0.2, -0.15) is 0 Å². The Morgan fingerprint density at radius 3 is 3.07 bits per heavy atom. The van der Waals surface area contributed by atoms with Crippen molar-refractivity contribution in [3.05, 3.63) is 65.8 Å². The number of hydrogen-bond donors (Lipinski definition) is 4. The summed E-state index contributed by atoms with van der Waals surface area (Å²) in [5.74, 6) is 0.463. The molecule has 136 valence electrons. The number of nitrogen functional groups attached to an aromatic ring is 1. The maximum absolute atomic E-state index is 12.1. The number of nitrogens with zero attached hydrogens (tertiary/aromatic N) is 1. The van der Waals surface area contributed by atoms with E-state index in [1.807, 2.05) is 41.9 Å². The third kappa shape index (κ3) is 3.85. The average Bonchev–Trinajstić information content (AvgIpc) is 3.30. The van der Waals surface area contributed by atoms with Gasteiger partial charge in [0.25, 0.3) is 0 Å². The van der Waals surface area contributed by atoms with E-state index in [0.29, 0.717) is 18.0 Å². The molecule has 3 heterocycles. The number of pyridine rings is 1. The normalized spacial score (nSPS) is 10.7. The molecule has 1 amide bonds. The van der Waals surface area contributed by atoms with Crippen LogP contribution in [0.4, 0.5) is 21.2 Å². The first-order valence-electron chi connectivity index (χ1n) is 8.26. The number of nitrogens with two attached hydrogens (primary N) is 1. The van der Waals surface area contributed by atoms with Crippen molar-refractivity contribution in [1.82, 2.24) is 15.3 Å². The Labute approximate surface area is 159 Å². The SMILES string of the molecule is Nc1cccc(CNC(=O)Oc2ccsc2Nc2ccnc3[nH]ccc23)c1.